The molecule has 0 bridgehead atoms. The Bertz CT molecular complexity index is 241. The average Bonchev–Trinajstić information content (AvgIpc) is 2.54. The molecule has 1 nitrogen and oxygen atoms in total. The lowest BCUT2D eigenvalue weighted by atomic mass is 9.82. The fraction of sp³-hybridized carbons (Fsp3) is 1.00. The Hall–Kier alpha value is 0.790. The van der Waals surface area contributed by atoms with Gasteiger partial charge in [-0.3, -0.25) is 0 Å². The summed E-state index contributed by atoms with van der Waals surface area (Å²) in [5.74, 6) is 0. The van der Waals surface area contributed by atoms with Crippen LogP contribution in [0.4, 0.5) is 0 Å². The highest BCUT2D eigenvalue weighted by Gasteiger charge is 2.34. The highest BCUT2D eigenvalue weighted by Crippen LogP contribution is 2.38. The van der Waals surface area contributed by atoms with Gasteiger partial charge in [-0.15, -0.1) is 0 Å². The molecular formula is C15H28BrNS. The molecule has 2 unspecified atom stereocenters. The monoisotopic (exact) mass is 333 g/mol. The molecule has 0 aromatic rings. The molecule has 0 radical (unpaired) electrons. The molecule has 1 aliphatic heterocycles. The van der Waals surface area contributed by atoms with Crippen molar-refractivity contribution in [3.05, 3.63) is 0 Å². The number of hydrogen-bond donors (Lipinski definition) is 0. The smallest absolute Gasteiger partial charge is 0.0149 e. The zero-order valence-electron chi connectivity index (χ0n) is 12.0. The summed E-state index contributed by atoms with van der Waals surface area (Å²) in [5, 5.41) is 2.82. The van der Waals surface area contributed by atoms with Gasteiger partial charge in [0.15, 0.2) is 0 Å². The van der Waals surface area contributed by atoms with Gasteiger partial charge in [0.25, 0.3) is 0 Å². The standard InChI is InChI=1S/C15H28BrNS/c1-13-9-17(10-14(2)18-13)12-15(11-16)7-5-3-4-6-8-15/h13-14H,3-12H2,1-2H3. The summed E-state index contributed by atoms with van der Waals surface area (Å²) in [5.41, 5.74) is 0.567. The lowest BCUT2D eigenvalue weighted by molar-refractivity contribution is 0.149. The van der Waals surface area contributed by atoms with Gasteiger partial charge < -0.3 is 4.90 Å². The summed E-state index contributed by atoms with van der Waals surface area (Å²) in [6.07, 6.45) is 8.67. The summed E-state index contributed by atoms with van der Waals surface area (Å²) in [4.78, 5) is 2.75. The summed E-state index contributed by atoms with van der Waals surface area (Å²) in [7, 11) is 0. The van der Waals surface area contributed by atoms with Crippen LogP contribution in [0.25, 0.3) is 0 Å². The van der Waals surface area contributed by atoms with Gasteiger partial charge in [0.1, 0.15) is 0 Å². The Morgan fingerprint density at radius 1 is 1.06 bits per heavy atom. The Labute approximate surface area is 126 Å². The lowest BCUT2D eigenvalue weighted by Gasteiger charge is -2.41. The Morgan fingerprint density at radius 3 is 2.11 bits per heavy atom. The van der Waals surface area contributed by atoms with Crippen LogP contribution in [0.1, 0.15) is 52.4 Å². The Balaban J connectivity index is 1.95. The minimum Gasteiger partial charge on any atom is -0.301 e. The minimum absolute atomic E-state index is 0.567. The van der Waals surface area contributed by atoms with Gasteiger partial charge in [0.05, 0.1) is 0 Å². The number of rotatable bonds is 3. The van der Waals surface area contributed by atoms with Gasteiger partial charge in [0.2, 0.25) is 0 Å². The van der Waals surface area contributed by atoms with E-state index in [-0.39, 0.29) is 0 Å². The third-order valence-corrected chi connectivity index (χ3v) is 6.92. The van der Waals surface area contributed by atoms with Crippen LogP contribution in [0.15, 0.2) is 0 Å². The maximum atomic E-state index is 3.83. The molecule has 1 heterocycles. The van der Waals surface area contributed by atoms with Gasteiger partial charge in [-0.1, -0.05) is 55.5 Å². The van der Waals surface area contributed by atoms with Crippen LogP contribution in [0.2, 0.25) is 0 Å². The molecule has 2 fully saturated rings. The van der Waals surface area contributed by atoms with Crippen molar-refractivity contribution in [1.82, 2.24) is 4.90 Å². The van der Waals surface area contributed by atoms with Crippen molar-refractivity contribution in [1.29, 1.82) is 0 Å². The quantitative estimate of drug-likeness (QED) is 0.550. The fourth-order valence-electron chi connectivity index (χ4n) is 3.70. The largest absolute Gasteiger partial charge is 0.301 e. The number of nitrogens with zero attached hydrogens (tertiary/aromatic N) is 1. The van der Waals surface area contributed by atoms with Crippen molar-refractivity contribution < 1.29 is 0 Å². The molecule has 1 saturated carbocycles. The Kier molecular flexibility index (Phi) is 5.89. The van der Waals surface area contributed by atoms with Crippen LogP contribution in [0, 0.1) is 5.41 Å². The lowest BCUT2D eigenvalue weighted by Crippen LogP contribution is -2.46. The first-order chi connectivity index (χ1) is 8.63. The predicted octanol–water partition coefficient (Wildman–Crippen LogP) is 4.55. The average molecular weight is 334 g/mol. The number of halogens is 1. The zero-order valence-corrected chi connectivity index (χ0v) is 14.4. The van der Waals surface area contributed by atoms with E-state index in [1.165, 1.54) is 63.5 Å². The molecule has 2 atom stereocenters. The maximum Gasteiger partial charge on any atom is 0.0149 e. The first-order valence-electron chi connectivity index (χ1n) is 7.57. The topological polar surface area (TPSA) is 3.24 Å². The first-order valence-corrected chi connectivity index (χ1v) is 9.64. The van der Waals surface area contributed by atoms with Crippen LogP contribution < -0.4 is 0 Å². The van der Waals surface area contributed by atoms with E-state index in [4.69, 9.17) is 0 Å². The molecule has 0 aromatic heterocycles. The second-order valence-corrected chi connectivity index (χ2v) is 8.94. The van der Waals surface area contributed by atoms with Crippen molar-refractivity contribution >= 4 is 27.7 Å². The second-order valence-electron chi connectivity index (χ2n) is 6.50. The fourth-order valence-corrected chi connectivity index (χ4v) is 5.83. The van der Waals surface area contributed by atoms with Gasteiger partial charge in [-0.05, 0) is 18.3 Å². The molecule has 1 saturated heterocycles. The summed E-state index contributed by atoms with van der Waals surface area (Å²) in [6, 6.07) is 0. The van der Waals surface area contributed by atoms with Crippen LogP contribution in [0.5, 0.6) is 0 Å². The first kappa shape index (κ1) is 15.2. The third kappa shape index (κ3) is 4.14. The zero-order chi connectivity index (χ0) is 13.0. The van der Waals surface area contributed by atoms with Crippen LogP contribution in [-0.4, -0.2) is 40.4 Å². The molecule has 106 valence electrons. The molecule has 18 heavy (non-hydrogen) atoms. The van der Waals surface area contributed by atoms with Crippen molar-refractivity contribution in [3.63, 3.8) is 0 Å². The molecule has 0 N–H and O–H groups in total. The summed E-state index contributed by atoms with van der Waals surface area (Å²) in [6.45, 7) is 8.70. The Morgan fingerprint density at radius 2 is 1.61 bits per heavy atom. The van der Waals surface area contributed by atoms with E-state index in [1.807, 2.05) is 0 Å². The molecule has 2 aliphatic rings. The second kappa shape index (κ2) is 6.99. The van der Waals surface area contributed by atoms with Gasteiger partial charge in [0, 0.05) is 35.5 Å². The van der Waals surface area contributed by atoms with Crippen molar-refractivity contribution in [2.24, 2.45) is 5.41 Å². The predicted molar refractivity (Wildman–Crippen MR) is 86.9 cm³/mol. The van der Waals surface area contributed by atoms with E-state index in [9.17, 15) is 0 Å². The van der Waals surface area contributed by atoms with Crippen molar-refractivity contribution in [2.45, 2.75) is 62.9 Å². The van der Waals surface area contributed by atoms with Crippen molar-refractivity contribution in [2.75, 3.05) is 25.0 Å². The highest BCUT2D eigenvalue weighted by atomic mass is 79.9. The maximum absolute atomic E-state index is 3.83. The summed E-state index contributed by atoms with van der Waals surface area (Å²) >= 11 is 5.99. The van der Waals surface area contributed by atoms with Crippen LogP contribution in [-0.2, 0) is 0 Å². The molecule has 3 heteroatoms. The van der Waals surface area contributed by atoms with Crippen LogP contribution in [0.3, 0.4) is 0 Å². The highest BCUT2D eigenvalue weighted by molar-refractivity contribution is 9.09. The molecular weight excluding hydrogens is 306 g/mol. The van der Waals surface area contributed by atoms with Gasteiger partial charge in [-0.2, -0.15) is 11.8 Å². The van der Waals surface area contributed by atoms with E-state index in [0.717, 1.165) is 10.5 Å². The third-order valence-electron chi connectivity index (χ3n) is 4.50. The molecule has 0 spiro atoms. The summed E-state index contributed by atoms with van der Waals surface area (Å²) < 4.78 is 0. The van der Waals surface area contributed by atoms with Crippen molar-refractivity contribution in [3.8, 4) is 0 Å². The molecule has 0 amide bonds. The molecule has 0 aromatic carbocycles. The minimum atomic E-state index is 0.567. The van der Waals surface area contributed by atoms with E-state index in [0.29, 0.717) is 5.41 Å². The van der Waals surface area contributed by atoms with E-state index >= 15 is 0 Å². The van der Waals surface area contributed by atoms with Gasteiger partial charge >= 0.3 is 0 Å². The van der Waals surface area contributed by atoms with E-state index < -0.39 is 0 Å². The molecule has 2 rings (SSSR count). The number of thioether (sulfide) groups is 1. The van der Waals surface area contributed by atoms with Gasteiger partial charge in [-0.25, -0.2) is 0 Å². The number of alkyl halides is 1. The molecule has 1 aliphatic carbocycles. The normalized spacial score (nSPS) is 34.2. The van der Waals surface area contributed by atoms with Crippen LogP contribution >= 0.6 is 27.7 Å². The van der Waals surface area contributed by atoms with E-state index in [2.05, 4.69) is 46.4 Å². The SMILES string of the molecule is CC1CN(CC2(CBr)CCCCCC2)CC(C)S1. The van der Waals surface area contributed by atoms with E-state index in [1.54, 1.807) is 0 Å². The number of hydrogen-bond acceptors (Lipinski definition) is 2.